The topological polar surface area (TPSA) is 65.9 Å². The minimum Gasteiger partial charge on any atom is -0.395 e. The lowest BCUT2D eigenvalue weighted by Gasteiger charge is -2.33. The third-order valence-corrected chi connectivity index (χ3v) is 4.22. The highest BCUT2D eigenvalue weighted by Gasteiger charge is 2.37. The fraction of sp³-hybridized carbons (Fsp3) is 0.571. The van der Waals surface area contributed by atoms with Crippen LogP contribution < -0.4 is 9.80 Å². The second kappa shape index (κ2) is 6.17. The minimum atomic E-state index is -0.331. The van der Waals surface area contributed by atoms with E-state index in [1.54, 1.807) is 11.1 Å². The first kappa shape index (κ1) is 14.6. The number of rotatable bonds is 2. The minimum absolute atomic E-state index is 0.00542. The van der Waals surface area contributed by atoms with E-state index in [1.807, 2.05) is 17.0 Å². The second-order valence-corrected chi connectivity index (χ2v) is 5.68. The van der Waals surface area contributed by atoms with Crippen LogP contribution in [0.15, 0.2) is 18.3 Å². The third-order valence-electron chi connectivity index (χ3n) is 3.88. The lowest BCUT2D eigenvalue weighted by atomic mass is 10.1. The van der Waals surface area contributed by atoms with E-state index in [9.17, 15) is 9.90 Å². The van der Waals surface area contributed by atoms with E-state index >= 15 is 0 Å². The van der Waals surface area contributed by atoms with Gasteiger partial charge in [-0.05, 0) is 18.6 Å². The van der Waals surface area contributed by atoms with E-state index in [-0.39, 0.29) is 30.6 Å². The van der Waals surface area contributed by atoms with Crippen LogP contribution >= 0.6 is 11.6 Å². The van der Waals surface area contributed by atoms with Crippen LogP contribution in [0.3, 0.4) is 0 Å². The van der Waals surface area contributed by atoms with Crippen LogP contribution in [0, 0.1) is 0 Å². The molecular weight excluding hydrogens is 294 g/mol. The second-order valence-electron chi connectivity index (χ2n) is 5.18. The van der Waals surface area contributed by atoms with Gasteiger partial charge in [-0.15, -0.1) is 0 Å². The number of aromatic nitrogens is 1. The normalized spacial score (nSPS) is 25.9. The van der Waals surface area contributed by atoms with Crippen molar-refractivity contribution in [3.63, 3.8) is 0 Å². The Kier molecular flexibility index (Phi) is 4.28. The molecule has 2 aliphatic heterocycles. The molecule has 2 atom stereocenters. The summed E-state index contributed by atoms with van der Waals surface area (Å²) < 4.78 is 5.51. The average molecular weight is 312 g/mol. The van der Waals surface area contributed by atoms with Gasteiger partial charge in [-0.2, -0.15) is 0 Å². The summed E-state index contributed by atoms with van der Waals surface area (Å²) in [5.41, 5.74) is 0.495. The van der Waals surface area contributed by atoms with Gasteiger partial charge in [-0.3, -0.25) is 9.69 Å². The highest BCUT2D eigenvalue weighted by molar-refractivity contribution is 6.22. The van der Waals surface area contributed by atoms with Crippen LogP contribution in [0.1, 0.15) is 12.8 Å². The average Bonchev–Trinajstić information content (AvgIpc) is 2.72. The third kappa shape index (κ3) is 2.71. The van der Waals surface area contributed by atoms with Crippen molar-refractivity contribution >= 4 is 29.0 Å². The number of aliphatic hydroxyl groups excluding tert-OH is 1. The van der Waals surface area contributed by atoms with Crippen LogP contribution in [0.5, 0.6) is 0 Å². The number of β-amino-alcohol motifs (C(OH)–C–C–N with tert-alkyl or cyclic N) is 1. The van der Waals surface area contributed by atoms with Gasteiger partial charge in [-0.25, -0.2) is 4.98 Å². The predicted molar refractivity (Wildman–Crippen MR) is 79.6 cm³/mol. The van der Waals surface area contributed by atoms with E-state index in [4.69, 9.17) is 16.3 Å². The molecule has 0 spiro atoms. The number of aliphatic hydroxyl groups is 1. The summed E-state index contributed by atoms with van der Waals surface area (Å²) >= 11 is 6.46. The number of ether oxygens (including phenoxy) is 1. The maximum atomic E-state index is 12.5. The van der Waals surface area contributed by atoms with Gasteiger partial charge in [0.15, 0.2) is 5.82 Å². The van der Waals surface area contributed by atoms with E-state index in [0.717, 1.165) is 12.1 Å². The number of hydrogen-bond acceptors (Lipinski definition) is 5. The Labute approximate surface area is 128 Å². The number of carbonyl (C=O) groups is 1. The lowest BCUT2D eigenvalue weighted by molar-refractivity contribution is -0.119. The molecule has 3 rings (SSSR count). The van der Waals surface area contributed by atoms with Crippen LogP contribution in [0.2, 0.25) is 0 Å². The van der Waals surface area contributed by atoms with E-state index < -0.39 is 0 Å². The largest absolute Gasteiger partial charge is 0.395 e. The molecule has 2 aliphatic rings. The van der Waals surface area contributed by atoms with Crippen LogP contribution in [-0.2, 0) is 9.53 Å². The van der Waals surface area contributed by atoms with Gasteiger partial charge in [0.2, 0.25) is 5.91 Å². The Bertz CT molecular complexity index is 528. The molecule has 6 nitrogen and oxygen atoms in total. The zero-order chi connectivity index (χ0) is 14.8. The quantitative estimate of drug-likeness (QED) is 0.651. The Morgan fingerprint density at radius 1 is 1.52 bits per heavy atom. The summed E-state index contributed by atoms with van der Waals surface area (Å²) in [5.74, 6) is 0.522. The first-order chi connectivity index (χ1) is 10.2. The number of alkyl halides is 1. The van der Waals surface area contributed by atoms with E-state index in [2.05, 4.69) is 4.98 Å². The number of carbonyl (C=O) groups excluding carboxylic acids is 1. The maximum Gasteiger partial charge on any atom is 0.230 e. The molecule has 1 aromatic rings. The van der Waals surface area contributed by atoms with Crippen molar-refractivity contribution in [2.75, 3.05) is 36.2 Å². The molecule has 114 valence electrons. The molecule has 0 aromatic carbocycles. The van der Waals surface area contributed by atoms with Crippen molar-refractivity contribution < 1.29 is 14.6 Å². The molecule has 1 fully saturated rings. The SMILES string of the molecule is O=C1CC2CCOCC(Cl)N2c2cccnc2N1CCO. The number of amides is 1. The number of halogens is 1. The van der Waals surface area contributed by atoms with Gasteiger partial charge in [-0.1, -0.05) is 11.6 Å². The number of hydrogen-bond donors (Lipinski definition) is 1. The molecule has 1 amide bonds. The molecule has 0 bridgehead atoms. The molecule has 21 heavy (non-hydrogen) atoms. The summed E-state index contributed by atoms with van der Waals surface area (Å²) in [7, 11) is 0. The van der Waals surface area contributed by atoms with Crippen molar-refractivity contribution in [3.8, 4) is 0 Å². The molecule has 1 saturated heterocycles. The highest BCUT2D eigenvalue weighted by atomic mass is 35.5. The Morgan fingerprint density at radius 3 is 3.19 bits per heavy atom. The first-order valence-electron chi connectivity index (χ1n) is 7.08. The van der Waals surface area contributed by atoms with Gasteiger partial charge < -0.3 is 14.7 Å². The predicted octanol–water partition coefficient (Wildman–Crippen LogP) is 0.971. The van der Waals surface area contributed by atoms with E-state index in [1.165, 1.54) is 0 Å². The summed E-state index contributed by atoms with van der Waals surface area (Å²) in [6.07, 6.45) is 2.74. The molecule has 3 heterocycles. The number of nitrogens with zero attached hydrogens (tertiary/aromatic N) is 3. The Balaban J connectivity index is 2.08. The van der Waals surface area contributed by atoms with Crippen molar-refractivity contribution in [1.29, 1.82) is 0 Å². The van der Waals surface area contributed by atoms with E-state index in [0.29, 0.717) is 25.5 Å². The lowest BCUT2D eigenvalue weighted by Crippen LogP contribution is -2.41. The summed E-state index contributed by atoms with van der Waals surface area (Å²) in [5, 5.41) is 9.23. The highest BCUT2D eigenvalue weighted by Crippen LogP contribution is 2.37. The number of anilines is 2. The van der Waals surface area contributed by atoms with Crippen molar-refractivity contribution in [3.05, 3.63) is 18.3 Å². The van der Waals surface area contributed by atoms with Gasteiger partial charge in [0, 0.05) is 25.3 Å². The monoisotopic (exact) mass is 311 g/mol. The zero-order valence-corrected chi connectivity index (χ0v) is 12.4. The van der Waals surface area contributed by atoms with Crippen molar-refractivity contribution in [2.24, 2.45) is 0 Å². The van der Waals surface area contributed by atoms with Crippen molar-refractivity contribution in [2.45, 2.75) is 24.4 Å². The zero-order valence-electron chi connectivity index (χ0n) is 11.6. The van der Waals surface area contributed by atoms with Crippen LogP contribution in [-0.4, -0.2) is 53.9 Å². The van der Waals surface area contributed by atoms with Crippen molar-refractivity contribution in [1.82, 2.24) is 4.98 Å². The van der Waals surface area contributed by atoms with Crippen LogP contribution in [0.4, 0.5) is 11.5 Å². The summed E-state index contributed by atoms with van der Waals surface area (Å²) in [4.78, 5) is 20.4. The fourth-order valence-electron chi connectivity index (χ4n) is 2.95. The molecule has 1 aromatic heterocycles. The Morgan fingerprint density at radius 2 is 2.38 bits per heavy atom. The standard InChI is InChI=1S/C14H18ClN3O3/c15-12-9-21-7-3-10-8-13(20)17(5-6-19)14-11(18(10)12)2-1-4-16-14/h1-2,4,10,12,19H,3,5-9H2. The van der Waals surface area contributed by atoms with Gasteiger partial charge >= 0.3 is 0 Å². The molecular formula is C14H18ClN3O3. The van der Waals surface area contributed by atoms with Gasteiger partial charge in [0.25, 0.3) is 0 Å². The molecule has 0 aliphatic carbocycles. The van der Waals surface area contributed by atoms with Gasteiger partial charge in [0.05, 0.1) is 25.4 Å². The van der Waals surface area contributed by atoms with Crippen LogP contribution in [0.25, 0.3) is 0 Å². The van der Waals surface area contributed by atoms with Gasteiger partial charge in [0.1, 0.15) is 5.50 Å². The summed E-state index contributed by atoms with van der Waals surface area (Å²) in [6.45, 7) is 1.15. The number of fused-ring (bicyclic) bond motifs is 3. The fourth-order valence-corrected chi connectivity index (χ4v) is 3.31. The smallest absolute Gasteiger partial charge is 0.230 e. The Hall–Kier alpha value is -1.37. The maximum absolute atomic E-state index is 12.5. The molecule has 0 radical (unpaired) electrons. The number of pyridine rings is 1. The molecule has 0 saturated carbocycles. The molecule has 2 unspecified atom stereocenters. The summed E-state index contributed by atoms with van der Waals surface area (Å²) in [6, 6.07) is 3.74. The molecule has 7 heteroatoms. The first-order valence-corrected chi connectivity index (χ1v) is 7.52. The molecule has 1 N–H and O–H groups in total.